The number of anilines is 2. The van der Waals surface area contributed by atoms with Gasteiger partial charge in [-0.2, -0.15) is 0 Å². The van der Waals surface area contributed by atoms with E-state index in [1.807, 2.05) is 19.9 Å². The van der Waals surface area contributed by atoms with Gasteiger partial charge in [-0.15, -0.1) is 11.3 Å². The second-order valence-corrected chi connectivity index (χ2v) is 4.89. The Morgan fingerprint density at radius 3 is 2.80 bits per heavy atom. The summed E-state index contributed by atoms with van der Waals surface area (Å²) >= 11 is 1.45. The molecule has 84 valence electrons. The standard InChI is InChI=1S/C11H18N2OS/c1-4-5-13-9-6-8(12)11(15-9)10(14)7(2)3/h6-7,13H,4-5,12H2,1-3H3. The molecule has 1 aromatic heterocycles. The Bertz CT molecular complexity index is 344. The van der Waals surface area contributed by atoms with Gasteiger partial charge < -0.3 is 11.1 Å². The fraction of sp³-hybridized carbons (Fsp3) is 0.545. The fourth-order valence-electron chi connectivity index (χ4n) is 1.20. The van der Waals surface area contributed by atoms with Crippen molar-refractivity contribution in [2.24, 2.45) is 5.92 Å². The average molecular weight is 226 g/mol. The number of hydrogen-bond acceptors (Lipinski definition) is 4. The van der Waals surface area contributed by atoms with Crippen molar-refractivity contribution in [2.75, 3.05) is 17.6 Å². The summed E-state index contributed by atoms with van der Waals surface area (Å²) < 4.78 is 0. The Morgan fingerprint density at radius 2 is 2.27 bits per heavy atom. The summed E-state index contributed by atoms with van der Waals surface area (Å²) in [5, 5.41) is 4.22. The molecular formula is C11H18N2OS. The van der Waals surface area contributed by atoms with E-state index in [0.717, 1.165) is 18.0 Å². The lowest BCUT2D eigenvalue weighted by molar-refractivity contribution is 0.0944. The number of carbonyl (C=O) groups is 1. The molecule has 0 aromatic carbocycles. The minimum absolute atomic E-state index is 0.00461. The quantitative estimate of drug-likeness (QED) is 0.759. The zero-order valence-corrected chi connectivity index (χ0v) is 10.3. The predicted molar refractivity (Wildman–Crippen MR) is 66.7 cm³/mol. The largest absolute Gasteiger partial charge is 0.397 e. The highest BCUT2D eigenvalue weighted by atomic mass is 32.1. The van der Waals surface area contributed by atoms with Gasteiger partial charge in [-0.3, -0.25) is 4.79 Å². The summed E-state index contributed by atoms with van der Waals surface area (Å²) in [4.78, 5) is 12.4. The number of nitrogen functional groups attached to an aromatic ring is 1. The molecule has 3 N–H and O–H groups in total. The molecule has 0 amide bonds. The summed E-state index contributed by atoms with van der Waals surface area (Å²) in [7, 11) is 0. The lowest BCUT2D eigenvalue weighted by Crippen LogP contribution is -2.07. The SMILES string of the molecule is CCCNc1cc(N)c(C(=O)C(C)C)s1. The van der Waals surface area contributed by atoms with Crippen LogP contribution in [-0.2, 0) is 0 Å². The minimum Gasteiger partial charge on any atom is -0.397 e. The van der Waals surface area contributed by atoms with Gasteiger partial charge in [0.1, 0.15) is 0 Å². The molecule has 0 radical (unpaired) electrons. The second-order valence-electron chi connectivity index (χ2n) is 3.84. The van der Waals surface area contributed by atoms with Gasteiger partial charge in [0.2, 0.25) is 0 Å². The number of hydrogen-bond donors (Lipinski definition) is 2. The maximum absolute atomic E-state index is 11.8. The monoisotopic (exact) mass is 226 g/mol. The van der Waals surface area contributed by atoms with Gasteiger partial charge in [-0.25, -0.2) is 0 Å². The number of rotatable bonds is 5. The zero-order chi connectivity index (χ0) is 11.4. The van der Waals surface area contributed by atoms with Crippen molar-refractivity contribution in [2.45, 2.75) is 27.2 Å². The summed E-state index contributed by atoms with van der Waals surface area (Å²) in [5.74, 6) is 0.132. The Balaban J connectivity index is 2.81. The fourth-order valence-corrected chi connectivity index (χ4v) is 2.29. The molecule has 15 heavy (non-hydrogen) atoms. The summed E-state index contributed by atoms with van der Waals surface area (Å²) in [6, 6.07) is 1.84. The third-order valence-electron chi connectivity index (χ3n) is 2.06. The van der Waals surface area contributed by atoms with Crippen LogP contribution in [-0.4, -0.2) is 12.3 Å². The van der Waals surface area contributed by atoms with Crippen molar-refractivity contribution in [3.8, 4) is 0 Å². The van der Waals surface area contributed by atoms with Crippen LogP contribution >= 0.6 is 11.3 Å². The Kier molecular flexibility index (Phi) is 4.15. The molecule has 1 heterocycles. The molecule has 0 fully saturated rings. The third kappa shape index (κ3) is 2.96. The van der Waals surface area contributed by atoms with Crippen molar-refractivity contribution in [1.29, 1.82) is 0 Å². The van der Waals surface area contributed by atoms with Gasteiger partial charge in [0.15, 0.2) is 5.78 Å². The summed E-state index contributed by atoms with van der Waals surface area (Å²) in [6.07, 6.45) is 1.06. The molecule has 0 unspecified atom stereocenters. The van der Waals surface area contributed by atoms with E-state index < -0.39 is 0 Å². The highest BCUT2D eigenvalue weighted by Gasteiger charge is 2.16. The minimum atomic E-state index is 0.00461. The normalized spacial score (nSPS) is 10.7. The van der Waals surface area contributed by atoms with Crippen LogP contribution in [0.5, 0.6) is 0 Å². The van der Waals surface area contributed by atoms with Crippen molar-refractivity contribution < 1.29 is 4.79 Å². The van der Waals surface area contributed by atoms with E-state index in [2.05, 4.69) is 12.2 Å². The van der Waals surface area contributed by atoms with Gasteiger partial charge >= 0.3 is 0 Å². The molecule has 0 aliphatic rings. The molecule has 4 heteroatoms. The van der Waals surface area contributed by atoms with E-state index in [4.69, 9.17) is 5.73 Å². The lowest BCUT2D eigenvalue weighted by Gasteiger charge is -2.01. The van der Waals surface area contributed by atoms with E-state index in [9.17, 15) is 4.79 Å². The molecular weight excluding hydrogens is 208 g/mol. The molecule has 3 nitrogen and oxygen atoms in total. The van der Waals surface area contributed by atoms with Gasteiger partial charge in [0.25, 0.3) is 0 Å². The molecule has 0 atom stereocenters. The van der Waals surface area contributed by atoms with Crippen LogP contribution in [0, 0.1) is 5.92 Å². The summed E-state index contributed by atoms with van der Waals surface area (Å²) in [5.41, 5.74) is 6.40. The van der Waals surface area contributed by atoms with E-state index >= 15 is 0 Å². The molecule has 0 aliphatic heterocycles. The maximum Gasteiger partial charge on any atom is 0.177 e. The molecule has 0 aliphatic carbocycles. The number of Topliss-reactive ketones (excluding diaryl/α,β-unsaturated/α-hetero) is 1. The molecule has 0 bridgehead atoms. The first-order valence-corrected chi connectivity index (χ1v) is 6.05. The van der Waals surface area contributed by atoms with Gasteiger partial charge in [0, 0.05) is 12.5 Å². The number of carbonyl (C=O) groups excluding carboxylic acids is 1. The zero-order valence-electron chi connectivity index (χ0n) is 9.46. The molecule has 1 rings (SSSR count). The molecule has 0 saturated heterocycles. The van der Waals surface area contributed by atoms with Crippen LogP contribution in [0.25, 0.3) is 0 Å². The van der Waals surface area contributed by atoms with Crippen molar-refractivity contribution in [3.05, 3.63) is 10.9 Å². The predicted octanol–water partition coefficient (Wildman–Crippen LogP) is 2.99. The second kappa shape index (κ2) is 5.16. The van der Waals surface area contributed by atoms with Crippen LogP contribution < -0.4 is 11.1 Å². The van der Waals surface area contributed by atoms with E-state index in [1.54, 1.807) is 0 Å². The van der Waals surface area contributed by atoms with Crippen molar-refractivity contribution in [1.82, 2.24) is 0 Å². The Labute approximate surface area is 94.7 Å². The first kappa shape index (κ1) is 12.0. The topological polar surface area (TPSA) is 55.1 Å². The Morgan fingerprint density at radius 1 is 1.60 bits per heavy atom. The smallest absolute Gasteiger partial charge is 0.177 e. The lowest BCUT2D eigenvalue weighted by atomic mass is 10.1. The van der Waals surface area contributed by atoms with Gasteiger partial charge in [-0.05, 0) is 12.5 Å². The van der Waals surface area contributed by atoms with E-state index in [-0.39, 0.29) is 11.7 Å². The number of ketones is 1. The van der Waals surface area contributed by atoms with E-state index in [1.165, 1.54) is 11.3 Å². The maximum atomic E-state index is 11.8. The third-order valence-corrected chi connectivity index (χ3v) is 3.18. The van der Waals surface area contributed by atoms with Crippen LogP contribution in [0.2, 0.25) is 0 Å². The summed E-state index contributed by atoms with van der Waals surface area (Å²) in [6.45, 7) is 6.79. The van der Waals surface area contributed by atoms with Crippen LogP contribution in [0.4, 0.5) is 10.7 Å². The number of nitrogens with one attached hydrogen (secondary N) is 1. The Hall–Kier alpha value is -1.03. The molecule has 1 aromatic rings. The van der Waals surface area contributed by atoms with Crippen LogP contribution in [0.15, 0.2) is 6.07 Å². The average Bonchev–Trinajstić information content (AvgIpc) is 2.55. The van der Waals surface area contributed by atoms with Crippen LogP contribution in [0.1, 0.15) is 36.9 Å². The molecule has 0 saturated carbocycles. The highest BCUT2D eigenvalue weighted by Crippen LogP contribution is 2.31. The van der Waals surface area contributed by atoms with E-state index in [0.29, 0.717) is 10.6 Å². The highest BCUT2D eigenvalue weighted by molar-refractivity contribution is 7.18. The molecule has 0 spiro atoms. The van der Waals surface area contributed by atoms with Crippen molar-refractivity contribution >= 4 is 27.8 Å². The van der Waals surface area contributed by atoms with Gasteiger partial charge in [-0.1, -0.05) is 20.8 Å². The first-order chi connectivity index (χ1) is 7.06. The van der Waals surface area contributed by atoms with Crippen LogP contribution in [0.3, 0.4) is 0 Å². The number of nitrogens with two attached hydrogens (primary N) is 1. The van der Waals surface area contributed by atoms with Crippen molar-refractivity contribution in [3.63, 3.8) is 0 Å². The first-order valence-electron chi connectivity index (χ1n) is 5.23. The van der Waals surface area contributed by atoms with Gasteiger partial charge in [0.05, 0.1) is 15.6 Å². The number of thiophene rings is 1.